The van der Waals surface area contributed by atoms with Gasteiger partial charge >= 0.3 is 0 Å². The van der Waals surface area contributed by atoms with Crippen LogP contribution in [0.25, 0.3) is 11.0 Å². The molecule has 2 heterocycles. The third kappa shape index (κ3) is 2.60. The molecule has 0 radical (unpaired) electrons. The fourth-order valence-electron chi connectivity index (χ4n) is 3.13. The first-order valence-electron chi connectivity index (χ1n) is 7.30. The molecule has 0 aromatic carbocycles. The van der Waals surface area contributed by atoms with Crippen molar-refractivity contribution >= 4 is 16.9 Å². The number of nitrogens with zero attached hydrogens (tertiary/aromatic N) is 4. The first-order chi connectivity index (χ1) is 9.78. The molecular weight excluding hydrogens is 254 g/mol. The van der Waals surface area contributed by atoms with E-state index in [-0.39, 0.29) is 6.10 Å². The summed E-state index contributed by atoms with van der Waals surface area (Å²) in [6.45, 7) is 0.500. The molecule has 108 valence electrons. The van der Waals surface area contributed by atoms with E-state index in [4.69, 9.17) is 0 Å². The van der Waals surface area contributed by atoms with Crippen LogP contribution >= 0.6 is 0 Å². The van der Waals surface area contributed by atoms with Crippen molar-refractivity contribution in [2.45, 2.75) is 44.8 Å². The van der Waals surface area contributed by atoms with Crippen LogP contribution in [-0.4, -0.2) is 38.0 Å². The van der Waals surface area contributed by atoms with Crippen molar-refractivity contribution < 1.29 is 5.11 Å². The standard InChI is InChI=1S/C14H21N5O/c1-15-13-12-7-18-19(14(12)17-9-16-13)8-11(20)6-10-4-2-3-5-10/h7,9-11,20H,2-6,8H2,1H3,(H,15,16,17)/t11-/m0/s1. The van der Waals surface area contributed by atoms with E-state index in [9.17, 15) is 5.11 Å². The summed E-state index contributed by atoms with van der Waals surface area (Å²) in [4.78, 5) is 8.44. The van der Waals surface area contributed by atoms with Gasteiger partial charge in [-0.2, -0.15) is 5.10 Å². The van der Waals surface area contributed by atoms with E-state index in [0.29, 0.717) is 12.5 Å². The fraction of sp³-hybridized carbons (Fsp3) is 0.643. The second kappa shape index (κ2) is 5.75. The average molecular weight is 275 g/mol. The highest BCUT2D eigenvalue weighted by Crippen LogP contribution is 2.29. The molecule has 0 aliphatic heterocycles. The van der Waals surface area contributed by atoms with E-state index in [2.05, 4.69) is 20.4 Å². The summed E-state index contributed by atoms with van der Waals surface area (Å²) in [7, 11) is 1.83. The molecular formula is C14H21N5O. The molecule has 0 spiro atoms. The third-order valence-corrected chi connectivity index (χ3v) is 4.13. The van der Waals surface area contributed by atoms with Gasteiger partial charge in [0, 0.05) is 7.05 Å². The van der Waals surface area contributed by atoms with Crippen molar-refractivity contribution in [3.8, 4) is 0 Å². The maximum atomic E-state index is 10.2. The zero-order valence-corrected chi connectivity index (χ0v) is 11.8. The van der Waals surface area contributed by atoms with Crippen LogP contribution in [0.15, 0.2) is 12.5 Å². The van der Waals surface area contributed by atoms with Crippen LogP contribution in [-0.2, 0) is 6.54 Å². The zero-order valence-electron chi connectivity index (χ0n) is 11.8. The molecule has 2 aromatic heterocycles. The number of anilines is 1. The Morgan fingerprint density at radius 3 is 2.95 bits per heavy atom. The van der Waals surface area contributed by atoms with Crippen LogP contribution in [0.5, 0.6) is 0 Å². The third-order valence-electron chi connectivity index (χ3n) is 4.13. The molecule has 6 nitrogen and oxygen atoms in total. The number of nitrogens with one attached hydrogen (secondary N) is 1. The Kier molecular flexibility index (Phi) is 3.82. The quantitative estimate of drug-likeness (QED) is 0.870. The highest BCUT2D eigenvalue weighted by molar-refractivity contribution is 5.85. The van der Waals surface area contributed by atoms with E-state index in [1.54, 1.807) is 10.9 Å². The molecule has 1 aliphatic carbocycles. The maximum absolute atomic E-state index is 10.2. The van der Waals surface area contributed by atoms with Gasteiger partial charge in [-0.3, -0.25) is 0 Å². The second-order valence-electron chi connectivity index (χ2n) is 5.58. The summed E-state index contributed by atoms with van der Waals surface area (Å²) >= 11 is 0. The van der Waals surface area contributed by atoms with Crippen LogP contribution < -0.4 is 5.32 Å². The first kappa shape index (κ1) is 13.3. The number of aliphatic hydroxyl groups excluding tert-OH is 1. The van der Waals surface area contributed by atoms with Crippen LogP contribution in [0.3, 0.4) is 0 Å². The molecule has 0 saturated heterocycles. The SMILES string of the molecule is CNc1ncnc2c1cnn2C[C@@H](O)CC1CCCC1. The van der Waals surface area contributed by atoms with E-state index in [0.717, 1.165) is 23.3 Å². The summed E-state index contributed by atoms with van der Waals surface area (Å²) in [6.07, 6.45) is 8.91. The highest BCUT2D eigenvalue weighted by atomic mass is 16.3. The minimum absolute atomic E-state index is 0.353. The predicted molar refractivity (Wildman–Crippen MR) is 77.5 cm³/mol. The number of aliphatic hydroxyl groups is 1. The number of hydrogen-bond acceptors (Lipinski definition) is 5. The lowest BCUT2D eigenvalue weighted by Gasteiger charge is -2.15. The van der Waals surface area contributed by atoms with Crippen molar-refractivity contribution in [3.63, 3.8) is 0 Å². The Labute approximate surface area is 118 Å². The Bertz CT molecular complexity index is 576. The molecule has 0 unspecified atom stereocenters. The van der Waals surface area contributed by atoms with Crippen molar-refractivity contribution in [2.24, 2.45) is 5.92 Å². The normalized spacial score (nSPS) is 17.7. The minimum Gasteiger partial charge on any atom is -0.391 e. The number of hydrogen-bond donors (Lipinski definition) is 2. The number of rotatable bonds is 5. The molecule has 1 saturated carbocycles. The van der Waals surface area contributed by atoms with Crippen LogP contribution in [0.4, 0.5) is 5.82 Å². The summed E-state index contributed by atoms with van der Waals surface area (Å²) in [5.41, 5.74) is 0.773. The molecule has 1 aliphatic rings. The van der Waals surface area contributed by atoms with Crippen molar-refractivity contribution in [1.29, 1.82) is 0 Å². The van der Waals surface area contributed by atoms with Gasteiger partial charge in [-0.1, -0.05) is 25.7 Å². The van der Waals surface area contributed by atoms with E-state index in [1.807, 2.05) is 7.05 Å². The molecule has 0 bridgehead atoms. The molecule has 2 N–H and O–H groups in total. The Balaban J connectivity index is 1.73. The van der Waals surface area contributed by atoms with Gasteiger partial charge in [-0.15, -0.1) is 0 Å². The summed E-state index contributed by atoms with van der Waals surface area (Å²) in [5.74, 6) is 1.45. The minimum atomic E-state index is -0.353. The van der Waals surface area contributed by atoms with E-state index in [1.165, 1.54) is 32.0 Å². The van der Waals surface area contributed by atoms with Gasteiger partial charge in [0.25, 0.3) is 0 Å². The highest BCUT2D eigenvalue weighted by Gasteiger charge is 2.20. The van der Waals surface area contributed by atoms with Gasteiger partial charge in [0.05, 0.1) is 24.2 Å². The fourth-order valence-corrected chi connectivity index (χ4v) is 3.13. The Morgan fingerprint density at radius 2 is 2.20 bits per heavy atom. The predicted octanol–water partition coefficient (Wildman–Crippen LogP) is 1.81. The lowest BCUT2D eigenvalue weighted by atomic mass is 10.0. The second-order valence-corrected chi connectivity index (χ2v) is 5.58. The van der Waals surface area contributed by atoms with Crippen LogP contribution in [0.1, 0.15) is 32.1 Å². The molecule has 6 heteroatoms. The van der Waals surface area contributed by atoms with Gasteiger partial charge in [-0.05, 0) is 12.3 Å². The number of aromatic nitrogens is 4. The van der Waals surface area contributed by atoms with Gasteiger partial charge in [0.2, 0.25) is 0 Å². The summed E-state index contributed by atoms with van der Waals surface area (Å²) in [5, 5.41) is 18.5. The van der Waals surface area contributed by atoms with Crippen molar-refractivity contribution in [1.82, 2.24) is 19.7 Å². The molecule has 20 heavy (non-hydrogen) atoms. The van der Waals surface area contributed by atoms with Gasteiger partial charge in [0.1, 0.15) is 12.1 Å². The largest absolute Gasteiger partial charge is 0.391 e. The zero-order chi connectivity index (χ0) is 13.9. The van der Waals surface area contributed by atoms with E-state index >= 15 is 0 Å². The van der Waals surface area contributed by atoms with Gasteiger partial charge < -0.3 is 10.4 Å². The lowest BCUT2D eigenvalue weighted by molar-refractivity contribution is 0.121. The van der Waals surface area contributed by atoms with Crippen molar-refractivity contribution in [2.75, 3.05) is 12.4 Å². The topological polar surface area (TPSA) is 75.9 Å². The molecule has 3 rings (SSSR count). The molecule has 1 fully saturated rings. The molecule has 0 amide bonds. The van der Waals surface area contributed by atoms with Gasteiger partial charge in [-0.25, -0.2) is 14.6 Å². The lowest BCUT2D eigenvalue weighted by Crippen LogP contribution is -2.20. The van der Waals surface area contributed by atoms with E-state index < -0.39 is 0 Å². The van der Waals surface area contributed by atoms with Crippen LogP contribution in [0, 0.1) is 5.92 Å². The smallest absolute Gasteiger partial charge is 0.163 e. The first-order valence-corrected chi connectivity index (χ1v) is 7.30. The Hall–Kier alpha value is -1.69. The van der Waals surface area contributed by atoms with Gasteiger partial charge in [0.15, 0.2) is 5.65 Å². The molecule has 1 atom stereocenters. The number of fused-ring (bicyclic) bond motifs is 1. The summed E-state index contributed by atoms with van der Waals surface area (Å²) in [6, 6.07) is 0. The Morgan fingerprint density at radius 1 is 1.40 bits per heavy atom. The monoisotopic (exact) mass is 275 g/mol. The van der Waals surface area contributed by atoms with Crippen molar-refractivity contribution in [3.05, 3.63) is 12.5 Å². The van der Waals surface area contributed by atoms with Crippen LogP contribution in [0.2, 0.25) is 0 Å². The average Bonchev–Trinajstić information content (AvgIpc) is 3.09. The molecule has 2 aromatic rings. The maximum Gasteiger partial charge on any atom is 0.163 e. The summed E-state index contributed by atoms with van der Waals surface area (Å²) < 4.78 is 1.78.